The lowest BCUT2D eigenvalue weighted by Gasteiger charge is -2.23. The predicted molar refractivity (Wildman–Crippen MR) is 72.5 cm³/mol. The molecule has 0 heterocycles. The van der Waals surface area contributed by atoms with E-state index in [1.165, 1.54) is 0 Å². The maximum Gasteiger partial charge on any atom is 0.288 e. The van der Waals surface area contributed by atoms with E-state index in [1.54, 1.807) is 19.2 Å². The van der Waals surface area contributed by atoms with Gasteiger partial charge in [0.1, 0.15) is 0 Å². The van der Waals surface area contributed by atoms with Gasteiger partial charge < -0.3 is 10.1 Å². The van der Waals surface area contributed by atoms with Crippen LogP contribution < -0.4 is 5.32 Å². The summed E-state index contributed by atoms with van der Waals surface area (Å²) in [7, 11) is 1.69. The van der Waals surface area contributed by atoms with Crippen molar-refractivity contribution >= 4 is 17.4 Å². The highest BCUT2D eigenvalue weighted by Crippen LogP contribution is 2.26. The molecule has 1 aromatic carbocycles. The molecule has 1 rings (SSSR count). The van der Waals surface area contributed by atoms with Crippen LogP contribution in [0.1, 0.15) is 20.3 Å². The van der Waals surface area contributed by atoms with Crippen molar-refractivity contribution in [3.8, 4) is 0 Å². The number of alkyl halides is 2. The molecule has 0 fully saturated rings. The van der Waals surface area contributed by atoms with Gasteiger partial charge in [0, 0.05) is 24.2 Å². The van der Waals surface area contributed by atoms with E-state index in [0.29, 0.717) is 16.7 Å². The first-order valence-corrected chi connectivity index (χ1v) is 6.65. The van der Waals surface area contributed by atoms with Crippen molar-refractivity contribution in [3.63, 3.8) is 0 Å². The average Bonchev–Trinajstić information content (AvgIpc) is 2.30. The minimum atomic E-state index is -2.37. The molecule has 5 heteroatoms. The quantitative estimate of drug-likeness (QED) is 0.752. The van der Waals surface area contributed by atoms with Crippen LogP contribution in [0.25, 0.3) is 0 Å². The Kier molecular flexibility index (Phi) is 5.88. The van der Waals surface area contributed by atoms with Crippen molar-refractivity contribution in [2.24, 2.45) is 0 Å². The molecule has 0 aliphatic rings. The minimum absolute atomic E-state index is 0.154. The Balaban J connectivity index is 2.40. The van der Waals surface area contributed by atoms with Gasteiger partial charge in [0.15, 0.2) is 0 Å². The highest BCUT2D eigenvalue weighted by atomic mass is 32.2. The zero-order valence-corrected chi connectivity index (χ0v) is 11.7. The number of hydrogen-bond donors (Lipinski definition) is 1. The summed E-state index contributed by atoms with van der Waals surface area (Å²) in [5, 5.41) is 3.24. The normalized spacial score (nSPS) is 11.9. The highest BCUT2D eigenvalue weighted by Gasteiger charge is 2.15. The number of hydrogen-bond acceptors (Lipinski definition) is 3. The number of halogens is 2. The molecule has 0 atom stereocenters. The first-order chi connectivity index (χ1) is 8.43. The summed E-state index contributed by atoms with van der Waals surface area (Å²) in [6, 6.07) is 7.01. The maximum atomic E-state index is 12.1. The van der Waals surface area contributed by atoms with Crippen molar-refractivity contribution in [1.82, 2.24) is 0 Å². The number of ether oxygens (including phenoxy) is 1. The fourth-order valence-corrected chi connectivity index (χ4v) is 1.86. The second kappa shape index (κ2) is 6.95. The van der Waals surface area contributed by atoms with E-state index in [1.807, 2.05) is 26.0 Å². The Bertz CT molecular complexity index is 355. The number of nitrogens with one attached hydrogen (secondary N) is 1. The topological polar surface area (TPSA) is 21.3 Å². The van der Waals surface area contributed by atoms with Crippen LogP contribution >= 0.6 is 11.8 Å². The Hall–Kier alpha value is -0.810. The van der Waals surface area contributed by atoms with Crippen molar-refractivity contribution in [2.75, 3.05) is 19.0 Å². The van der Waals surface area contributed by atoms with Gasteiger partial charge >= 0.3 is 0 Å². The lowest BCUT2D eigenvalue weighted by atomic mass is 10.1. The van der Waals surface area contributed by atoms with Crippen LogP contribution in [0, 0.1) is 0 Å². The predicted octanol–water partition coefficient (Wildman–Crippen LogP) is 4.23. The van der Waals surface area contributed by atoms with Crippen molar-refractivity contribution < 1.29 is 13.5 Å². The van der Waals surface area contributed by atoms with E-state index >= 15 is 0 Å². The first kappa shape index (κ1) is 15.2. The standard InChI is InChI=1S/C13H19F2NOS/c1-13(2,17-3)8-9-16-10-4-6-11(7-5-10)18-12(14)15/h4-7,12,16H,8-9H2,1-3H3. The maximum absolute atomic E-state index is 12.1. The Labute approximate surface area is 111 Å². The van der Waals surface area contributed by atoms with Gasteiger partial charge in [-0.05, 0) is 44.5 Å². The van der Waals surface area contributed by atoms with Crippen molar-refractivity contribution in [2.45, 2.75) is 36.5 Å². The third kappa shape index (κ3) is 5.69. The van der Waals surface area contributed by atoms with Crippen LogP contribution in [-0.4, -0.2) is 25.0 Å². The molecule has 1 aromatic rings. The van der Waals surface area contributed by atoms with Gasteiger partial charge in [0.25, 0.3) is 5.76 Å². The molecule has 2 nitrogen and oxygen atoms in total. The zero-order chi connectivity index (χ0) is 13.6. The second-order valence-electron chi connectivity index (χ2n) is 4.54. The monoisotopic (exact) mass is 275 g/mol. The number of anilines is 1. The lowest BCUT2D eigenvalue weighted by molar-refractivity contribution is 0.0185. The van der Waals surface area contributed by atoms with Gasteiger partial charge in [-0.25, -0.2) is 0 Å². The van der Waals surface area contributed by atoms with Gasteiger partial charge in [0.05, 0.1) is 5.60 Å². The van der Waals surface area contributed by atoms with Gasteiger partial charge in [0.2, 0.25) is 0 Å². The van der Waals surface area contributed by atoms with E-state index in [9.17, 15) is 8.78 Å². The van der Waals surface area contributed by atoms with Gasteiger partial charge in [-0.1, -0.05) is 11.8 Å². The molecule has 0 spiro atoms. The Morgan fingerprint density at radius 1 is 1.28 bits per heavy atom. The van der Waals surface area contributed by atoms with E-state index in [0.717, 1.165) is 18.7 Å². The molecule has 1 N–H and O–H groups in total. The summed E-state index contributed by atoms with van der Waals surface area (Å²) in [5.74, 6) is -2.37. The molecule has 0 aliphatic carbocycles. The summed E-state index contributed by atoms with van der Waals surface area (Å²) >= 11 is 0.558. The number of rotatable bonds is 7. The molecule has 0 saturated carbocycles. The molecule has 0 unspecified atom stereocenters. The van der Waals surface area contributed by atoms with Crippen molar-refractivity contribution in [3.05, 3.63) is 24.3 Å². The fourth-order valence-electron chi connectivity index (χ4n) is 1.36. The van der Waals surface area contributed by atoms with Crippen LogP contribution in [0.15, 0.2) is 29.2 Å². The zero-order valence-electron chi connectivity index (χ0n) is 10.9. The van der Waals surface area contributed by atoms with Crippen LogP contribution in [0.4, 0.5) is 14.5 Å². The number of methoxy groups -OCH3 is 1. The minimum Gasteiger partial charge on any atom is -0.385 e. The first-order valence-electron chi connectivity index (χ1n) is 5.77. The molecule has 0 radical (unpaired) electrons. The van der Waals surface area contributed by atoms with E-state index in [4.69, 9.17) is 4.74 Å². The molecular weight excluding hydrogens is 256 g/mol. The van der Waals surface area contributed by atoms with Crippen molar-refractivity contribution in [1.29, 1.82) is 0 Å². The van der Waals surface area contributed by atoms with Crippen LogP contribution in [0.5, 0.6) is 0 Å². The molecule has 0 saturated heterocycles. The van der Waals surface area contributed by atoms with Gasteiger partial charge in [-0.3, -0.25) is 0 Å². The van der Waals surface area contributed by atoms with Crippen LogP contribution in [0.2, 0.25) is 0 Å². The van der Waals surface area contributed by atoms with E-state index in [2.05, 4.69) is 5.32 Å². The average molecular weight is 275 g/mol. The molecule has 0 aliphatic heterocycles. The van der Waals surface area contributed by atoms with E-state index in [-0.39, 0.29) is 5.60 Å². The molecule has 0 bridgehead atoms. The van der Waals surface area contributed by atoms with E-state index < -0.39 is 5.76 Å². The smallest absolute Gasteiger partial charge is 0.288 e. The molecule has 0 amide bonds. The largest absolute Gasteiger partial charge is 0.385 e. The highest BCUT2D eigenvalue weighted by molar-refractivity contribution is 7.99. The number of thioether (sulfide) groups is 1. The van der Waals surface area contributed by atoms with Crippen LogP contribution in [-0.2, 0) is 4.74 Å². The number of benzene rings is 1. The Morgan fingerprint density at radius 2 is 1.89 bits per heavy atom. The van der Waals surface area contributed by atoms with Gasteiger partial charge in [-0.2, -0.15) is 8.78 Å². The second-order valence-corrected chi connectivity index (χ2v) is 5.61. The molecule has 0 aromatic heterocycles. The summed E-state index contributed by atoms with van der Waals surface area (Å²) in [4.78, 5) is 0.577. The molecular formula is C13H19F2NOS. The molecule has 102 valence electrons. The summed E-state index contributed by atoms with van der Waals surface area (Å²) in [6.45, 7) is 4.83. The summed E-state index contributed by atoms with van der Waals surface area (Å²) in [5.41, 5.74) is 0.777. The third-order valence-corrected chi connectivity index (χ3v) is 3.41. The Morgan fingerprint density at radius 3 is 2.39 bits per heavy atom. The summed E-state index contributed by atoms with van der Waals surface area (Å²) in [6.07, 6.45) is 0.872. The van der Waals surface area contributed by atoms with Gasteiger partial charge in [-0.15, -0.1) is 0 Å². The van der Waals surface area contributed by atoms with Crippen LogP contribution in [0.3, 0.4) is 0 Å². The SMILES string of the molecule is COC(C)(C)CCNc1ccc(SC(F)F)cc1. The fraction of sp³-hybridized carbons (Fsp3) is 0.538. The summed E-state index contributed by atoms with van der Waals surface area (Å²) < 4.78 is 29.6. The third-order valence-electron chi connectivity index (χ3n) is 2.69. The molecule has 18 heavy (non-hydrogen) atoms. The lowest BCUT2D eigenvalue weighted by Crippen LogP contribution is -2.25.